The van der Waals surface area contributed by atoms with Crippen LogP contribution in [0.2, 0.25) is 10.0 Å². The van der Waals surface area contributed by atoms with Crippen LogP contribution in [-0.2, 0) is 6.42 Å². The van der Waals surface area contributed by atoms with E-state index in [2.05, 4.69) is 18.3 Å². The third-order valence-electron chi connectivity index (χ3n) is 3.74. The van der Waals surface area contributed by atoms with Crippen molar-refractivity contribution < 1.29 is 9.21 Å². The van der Waals surface area contributed by atoms with E-state index in [4.69, 9.17) is 27.6 Å². The number of rotatable bonds is 3. The van der Waals surface area contributed by atoms with Crippen LogP contribution in [-0.4, -0.2) is 5.91 Å². The van der Waals surface area contributed by atoms with E-state index in [0.29, 0.717) is 27.1 Å². The standard InChI is InChI=1S/C18H15Cl2NO2/c1-3-11-4-5-16-15(6-11)10(2)17(23-16)18(22)21-14-8-12(19)7-13(20)9-14/h4-9H,3H2,1-2H3,(H,21,22). The van der Waals surface area contributed by atoms with E-state index < -0.39 is 0 Å². The van der Waals surface area contributed by atoms with E-state index in [1.54, 1.807) is 18.2 Å². The molecule has 0 bridgehead atoms. The number of hydrogen-bond donors (Lipinski definition) is 1. The van der Waals surface area contributed by atoms with E-state index in [0.717, 1.165) is 17.4 Å². The molecule has 118 valence electrons. The number of fused-ring (bicyclic) bond motifs is 1. The van der Waals surface area contributed by atoms with Crippen molar-refractivity contribution in [3.05, 3.63) is 63.3 Å². The van der Waals surface area contributed by atoms with Crippen molar-refractivity contribution in [2.45, 2.75) is 20.3 Å². The number of anilines is 1. The van der Waals surface area contributed by atoms with Crippen LogP contribution in [0.25, 0.3) is 11.0 Å². The van der Waals surface area contributed by atoms with Crippen molar-refractivity contribution in [2.75, 3.05) is 5.32 Å². The SMILES string of the molecule is CCc1ccc2oc(C(=O)Nc3cc(Cl)cc(Cl)c3)c(C)c2c1. The number of halogens is 2. The Morgan fingerprint density at radius 2 is 1.83 bits per heavy atom. The molecule has 0 saturated carbocycles. The summed E-state index contributed by atoms with van der Waals surface area (Å²) in [5, 5.41) is 4.65. The molecular weight excluding hydrogens is 333 g/mol. The fraction of sp³-hybridized carbons (Fsp3) is 0.167. The molecule has 0 aliphatic heterocycles. The molecule has 23 heavy (non-hydrogen) atoms. The number of benzene rings is 2. The number of carbonyl (C=O) groups is 1. The molecule has 1 heterocycles. The number of furan rings is 1. The van der Waals surface area contributed by atoms with Gasteiger partial charge in [-0.15, -0.1) is 0 Å². The van der Waals surface area contributed by atoms with Crippen LogP contribution in [0, 0.1) is 6.92 Å². The van der Waals surface area contributed by atoms with E-state index in [1.165, 1.54) is 5.56 Å². The molecule has 1 aromatic heterocycles. The summed E-state index contributed by atoms with van der Waals surface area (Å²) in [6.07, 6.45) is 0.934. The van der Waals surface area contributed by atoms with Crippen molar-refractivity contribution in [3.8, 4) is 0 Å². The molecule has 1 N–H and O–H groups in total. The van der Waals surface area contributed by atoms with Gasteiger partial charge in [0.05, 0.1) is 0 Å². The largest absolute Gasteiger partial charge is 0.451 e. The quantitative estimate of drug-likeness (QED) is 0.644. The molecule has 5 heteroatoms. The zero-order valence-corrected chi connectivity index (χ0v) is 14.3. The zero-order valence-electron chi connectivity index (χ0n) is 12.7. The first-order valence-corrected chi connectivity index (χ1v) is 8.03. The minimum absolute atomic E-state index is 0.296. The molecule has 3 rings (SSSR count). The number of carbonyl (C=O) groups excluding carboxylic acids is 1. The number of amides is 1. The molecule has 0 aliphatic rings. The molecule has 3 nitrogen and oxygen atoms in total. The highest BCUT2D eigenvalue weighted by atomic mass is 35.5. The van der Waals surface area contributed by atoms with Gasteiger partial charge >= 0.3 is 0 Å². The molecule has 0 unspecified atom stereocenters. The van der Waals surface area contributed by atoms with Crippen molar-refractivity contribution >= 4 is 45.8 Å². The Morgan fingerprint density at radius 3 is 2.48 bits per heavy atom. The van der Waals surface area contributed by atoms with Gasteiger partial charge in [0.25, 0.3) is 5.91 Å². The second-order valence-electron chi connectivity index (χ2n) is 5.35. The number of hydrogen-bond acceptors (Lipinski definition) is 2. The molecule has 0 spiro atoms. The topological polar surface area (TPSA) is 42.2 Å². The van der Waals surface area contributed by atoms with Gasteiger partial charge in [0.15, 0.2) is 5.76 Å². The molecule has 0 atom stereocenters. The van der Waals surface area contributed by atoms with Gasteiger partial charge in [0.2, 0.25) is 0 Å². The highest BCUT2D eigenvalue weighted by Gasteiger charge is 2.18. The smallest absolute Gasteiger partial charge is 0.291 e. The van der Waals surface area contributed by atoms with Crippen molar-refractivity contribution in [3.63, 3.8) is 0 Å². The summed E-state index contributed by atoms with van der Waals surface area (Å²) in [6, 6.07) is 10.8. The average Bonchev–Trinajstić information content (AvgIpc) is 2.83. The summed E-state index contributed by atoms with van der Waals surface area (Å²) in [7, 11) is 0. The first-order chi connectivity index (χ1) is 11.0. The Labute approximate surface area is 144 Å². The maximum Gasteiger partial charge on any atom is 0.291 e. The second kappa shape index (κ2) is 6.26. The summed E-state index contributed by atoms with van der Waals surface area (Å²) in [6.45, 7) is 3.97. The minimum Gasteiger partial charge on any atom is -0.451 e. The van der Waals surface area contributed by atoms with Crippen LogP contribution in [0.1, 0.15) is 28.6 Å². The predicted octanol–water partition coefficient (Wildman–Crippen LogP) is 5.86. The lowest BCUT2D eigenvalue weighted by Gasteiger charge is -2.05. The molecule has 0 aliphatic carbocycles. The van der Waals surface area contributed by atoms with Crippen LogP contribution in [0.5, 0.6) is 0 Å². The minimum atomic E-state index is -0.324. The second-order valence-corrected chi connectivity index (χ2v) is 6.23. The summed E-state index contributed by atoms with van der Waals surface area (Å²) >= 11 is 11.9. The van der Waals surface area contributed by atoms with Gasteiger partial charge in [-0.25, -0.2) is 0 Å². The Morgan fingerprint density at radius 1 is 1.13 bits per heavy atom. The third-order valence-corrected chi connectivity index (χ3v) is 4.17. The Hall–Kier alpha value is -1.97. The Kier molecular flexibility index (Phi) is 4.33. The van der Waals surface area contributed by atoms with Crippen molar-refractivity contribution in [2.24, 2.45) is 0 Å². The highest BCUT2D eigenvalue weighted by Crippen LogP contribution is 2.28. The summed E-state index contributed by atoms with van der Waals surface area (Å²) < 4.78 is 5.71. The number of aryl methyl sites for hydroxylation is 2. The Balaban J connectivity index is 1.96. The van der Waals surface area contributed by atoms with Crippen LogP contribution in [0.3, 0.4) is 0 Å². The van der Waals surface area contributed by atoms with Crippen LogP contribution >= 0.6 is 23.2 Å². The lowest BCUT2D eigenvalue weighted by atomic mass is 10.1. The molecule has 2 aromatic carbocycles. The van der Waals surface area contributed by atoms with E-state index in [-0.39, 0.29) is 5.91 Å². The highest BCUT2D eigenvalue weighted by molar-refractivity contribution is 6.35. The first kappa shape index (κ1) is 15.9. The average molecular weight is 348 g/mol. The van der Waals surface area contributed by atoms with Gasteiger partial charge in [0, 0.05) is 26.7 Å². The molecule has 3 aromatic rings. The van der Waals surface area contributed by atoms with Crippen LogP contribution in [0.4, 0.5) is 5.69 Å². The fourth-order valence-electron chi connectivity index (χ4n) is 2.52. The van der Waals surface area contributed by atoms with Crippen LogP contribution in [0.15, 0.2) is 40.8 Å². The molecule has 0 saturated heterocycles. The zero-order chi connectivity index (χ0) is 16.6. The molecule has 0 radical (unpaired) electrons. The van der Waals surface area contributed by atoms with Gasteiger partial charge in [0.1, 0.15) is 5.58 Å². The van der Waals surface area contributed by atoms with Crippen molar-refractivity contribution in [1.82, 2.24) is 0 Å². The van der Waals surface area contributed by atoms with E-state index in [9.17, 15) is 4.79 Å². The lowest BCUT2D eigenvalue weighted by Crippen LogP contribution is -2.12. The normalized spacial score (nSPS) is 11.0. The third kappa shape index (κ3) is 3.21. The van der Waals surface area contributed by atoms with Gasteiger partial charge in [-0.3, -0.25) is 4.79 Å². The molecule has 1 amide bonds. The Bertz CT molecular complexity index is 879. The van der Waals surface area contributed by atoms with Gasteiger partial charge in [-0.05, 0) is 49.2 Å². The van der Waals surface area contributed by atoms with E-state index in [1.807, 2.05) is 19.1 Å². The fourth-order valence-corrected chi connectivity index (χ4v) is 3.04. The predicted molar refractivity (Wildman–Crippen MR) is 94.7 cm³/mol. The molecular formula is C18H15Cl2NO2. The molecule has 0 fully saturated rings. The number of nitrogens with one attached hydrogen (secondary N) is 1. The van der Waals surface area contributed by atoms with Gasteiger partial charge in [-0.1, -0.05) is 36.2 Å². The summed E-state index contributed by atoms with van der Waals surface area (Å²) in [4.78, 5) is 12.5. The van der Waals surface area contributed by atoms with Gasteiger partial charge < -0.3 is 9.73 Å². The summed E-state index contributed by atoms with van der Waals surface area (Å²) in [5.41, 5.74) is 3.26. The van der Waals surface area contributed by atoms with E-state index >= 15 is 0 Å². The van der Waals surface area contributed by atoms with Crippen molar-refractivity contribution in [1.29, 1.82) is 0 Å². The first-order valence-electron chi connectivity index (χ1n) is 7.27. The maximum atomic E-state index is 12.5. The van der Waals surface area contributed by atoms with Gasteiger partial charge in [-0.2, -0.15) is 0 Å². The lowest BCUT2D eigenvalue weighted by molar-refractivity contribution is 0.0998. The monoisotopic (exact) mass is 347 g/mol. The summed E-state index contributed by atoms with van der Waals surface area (Å²) in [5.74, 6) is -0.0283. The van der Waals surface area contributed by atoms with Crippen LogP contribution < -0.4 is 5.32 Å². The maximum absolute atomic E-state index is 12.5.